The summed E-state index contributed by atoms with van der Waals surface area (Å²) in [4.78, 5) is 0. The van der Waals surface area contributed by atoms with Gasteiger partial charge in [-0.05, 0) is 42.6 Å². The molecule has 0 radical (unpaired) electrons. The fraction of sp³-hybridized carbons (Fsp3) is 0.571. The normalized spacial score (nSPS) is 12.8. The molecule has 17 heavy (non-hydrogen) atoms. The molecule has 1 aromatic rings. The van der Waals surface area contributed by atoms with Crippen molar-refractivity contribution in [2.45, 2.75) is 39.2 Å². The summed E-state index contributed by atoms with van der Waals surface area (Å²) in [6.07, 6.45) is 1.08. The van der Waals surface area contributed by atoms with Gasteiger partial charge in [0, 0.05) is 11.1 Å². The molecule has 1 aromatic carbocycles. The highest BCUT2D eigenvalue weighted by atomic mass is 35.5. The van der Waals surface area contributed by atoms with E-state index in [1.165, 1.54) is 5.56 Å². The van der Waals surface area contributed by atoms with Gasteiger partial charge in [-0.2, -0.15) is 0 Å². The summed E-state index contributed by atoms with van der Waals surface area (Å²) in [6, 6.07) is 6.33. The Hall–Kier alpha value is -0.730. The van der Waals surface area contributed by atoms with E-state index in [0.29, 0.717) is 12.0 Å². The van der Waals surface area contributed by atoms with E-state index < -0.39 is 0 Å². The Morgan fingerprint density at radius 1 is 1.29 bits per heavy atom. The van der Waals surface area contributed by atoms with Crippen molar-refractivity contribution in [1.82, 2.24) is 5.32 Å². The van der Waals surface area contributed by atoms with Gasteiger partial charge >= 0.3 is 0 Å². The lowest BCUT2D eigenvalue weighted by Crippen LogP contribution is -2.24. The lowest BCUT2D eigenvalue weighted by atomic mass is 9.96. The van der Waals surface area contributed by atoms with E-state index in [4.69, 9.17) is 16.3 Å². The average Bonchev–Trinajstić information content (AvgIpc) is 2.28. The minimum absolute atomic E-state index is 0.440. The molecule has 0 fully saturated rings. The molecule has 0 aromatic heterocycles. The summed E-state index contributed by atoms with van der Waals surface area (Å²) in [5.41, 5.74) is 1.19. The van der Waals surface area contributed by atoms with E-state index >= 15 is 0 Å². The highest BCUT2D eigenvalue weighted by molar-refractivity contribution is 6.30. The maximum absolute atomic E-state index is 6.03. The SMILES string of the molecule is COc1ccc(Cl)cc1C(C)CCNC(C)C. The second kappa shape index (κ2) is 6.87. The van der Waals surface area contributed by atoms with Gasteiger partial charge in [0.15, 0.2) is 0 Å². The van der Waals surface area contributed by atoms with Gasteiger partial charge in [0.1, 0.15) is 5.75 Å². The molecule has 96 valence electrons. The van der Waals surface area contributed by atoms with Gasteiger partial charge in [-0.3, -0.25) is 0 Å². The number of hydrogen-bond donors (Lipinski definition) is 1. The second-order valence-corrected chi connectivity index (χ2v) is 5.12. The van der Waals surface area contributed by atoms with Crippen molar-refractivity contribution >= 4 is 11.6 Å². The molecule has 0 bridgehead atoms. The standard InChI is InChI=1S/C14H22ClNO/c1-10(2)16-8-7-11(3)13-9-12(15)5-6-14(13)17-4/h5-6,9-11,16H,7-8H2,1-4H3. The van der Waals surface area contributed by atoms with Crippen molar-refractivity contribution in [3.63, 3.8) is 0 Å². The number of hydrogen-bond acceptors (Lipinski definition) is 2. The molecule has 0 saturated carbocycles. The molecule has 0 amide bonds. The molecule has 0 aliphatic carbocycles. The summed E-state index contributed by atoms with van der Waals surface area (Å²) < 4.78 is 5.37. The third-order valence-corrected chi connectivity index (χ3v) is 3.09. The summed E-state index contributed by atoms with van der Waals surface area (Å²) in [6.45, 7) is 7.53. The summed E-state index contributed by atoms with van der Waals surface area (Å²) in [5.74, 6) is 1.36. The van der Waals surface area contributed by atoms with Gasteiger partial charge in [0.25, 0.3) is 0 Å². The average molecular weight is 256 g/mol. The number of rotatable bonds is 6. The molecule has 1 N–H and O–H groups in total. The van der Waals surface area contributed by atoms with E-state index in [9.17, 15) is 0 Å². The molecule has 0 aliphatic heterocycles. The van der Waals surface area contributed by atoms with E-state index in [1.807, 2.05) is 18.2 Å². The first-order chi connectivity index (χ1) is 8.04. The number of halogens is 1. The zero-order chi connectivity index (χ0) is 12.8. The van der Waals surface area contributed by atoms with E-state index in [1.54, 1.807) is 7.11 Å². The molecule has 3 heteroatoms. The van der Waals surface area contributed by atoms with Crippen LogP contribution in [0.4, 0.5) is 0 Å². The van der Waals surface area contributed by atoms with Crippen LogP contribution in [0.3, 0.4) is 0 Å². The molecule has 1 rings (SSSR count). The van der Waals surface area contributed by atoms with Gasteiger partial charge in [-0.25, -0.2) is 0 Å². The number of benzene rings is 1. The molecule has 1 unspecified atom stereocenters. The van der Waals surface area contributed by atoms with Crippen LogP contribution in [-0.4, -0.2) is 19.7 Å². The molecular weight excluding hydrogens is 234 g/mol. The van der Waals surface area contributed by atoms with Crippen molar-refractivity contribution in [2.24, 2.45) is 0 Å². The Morgan fingerprint density at radius 2 is 2.00 bits per heavy atom. The molecule has 0 spiro atoms. The van der Waals surface area contributed by atoms with Crippen LogP contribution in [0, 0.1) is 0 Å². The van der Waals surface area contributed by atoms with E-state index in [0.717, 1.165) is 23.7 Å². The van der Waals surface area contributed by atoms with Crippen molar-refractivity contribution in [1.29, 1.82) is 0 Å². The summed E-state index contributed by atoms with van der Waals surface area (Å²) >= 11 is 6.03. The third kappa shape index (κ3) is 4.57. The predicted molar refractivity (Wildman–Crippen MR) is 74.2 cm³/mol. The number of nitrogens with one attached hydrogen (secondary N) is 1. The maximum atomic E-state index is 6.03. The smallest absolute Gasteiger partial charge is 0.122 e. The fourth-order valence-electron chi connectivity index (χ4n) is 1.83. The first kappa shape index (κ1) is 14.3. The first-order valence-electron chi connectivity index (χ1n) is 6.11. The Kier molecular flexibility index (Phi) is 5.79. The van der Waals surface area contributed by atoms with E-state index in [2.05, 4.69) is 26.1 Å². The molecule has 0 saturated heterocycles. The Balaban J connectivity index is 2.66. The van der Waals surface area contributed by atoms with Crippen molar-refractivity contribution in [3.8, 4) is 5.75 Å². The third-order valence-electron chi connectivity index (χ3n) is 2.85. The maximum Gasteiger partial charge on any atom is 0.122 e. The number of methoxy groups -OCH3 is 1. The van der Waals surface area contributed by atoms with Crippen molar-refractivity contribution < 1.29 is 4.74 Å². The van der Waals surface area contributed by atoms with Gasteiger partial charge in [0.05, 0.1) is 7.11 Å². The van der Waals surface area contributed by atoms with Crippen molar-refractivity contribution in [3.05, 3.63) is 28.8 Å². The zero-order valence-corrected chi connectivity index (χ0v) is 11.8. The van der Waals surface area contributed by atoms with Crippen LogP contribution in [0.5, 0.6) is 5.75 Å². The monoisotopic (exact) mass is 255 g/mol. The van der Waals surface area contributed by atoms with Gasteiger partial charge in [0.2, 0.25) is 0 Å². The highest BCUT2D eigenvalue weighted by Crippen LogP contribution is 2.30. The van der Waals surface area contributed by atoms with Crippen LogP contribution >= 0.6 is 11.6 Å². The van der Waals surface area contributed by atoms with Crippen LogP contribution in [0.2, 0.25) is 5.02 Å². The van der Waals surface area contributed by atoms with Crippen LogP contribution in [0.25, 0.3) is 0 Å². The van der Waals surface area contributed by atoms with E-state index in [-0.39, 0.29) is 0 Å². The van der Waals surface area contributed by atoms with Crippen LogP contribution in [0.15, 0.2) is 18.2 Å². The lowest BCUT2D eigenvalue weighted by molar-refractivity contribution is 0.404. The molecular formula is C14H22ClNO. The Bertz CT molecular complexity index is 352. The summed E-state index contributed by atoms with van der Waals surface area (Å²) in [5, 5.41) is 4.19. The second-order valence-electron chi connectivity index (χ2n) is 4.68. The fourth-order valence-corrected chi connectivity index (χ4v) is 2.01. The van der Waals surface area contributed by atoms with Crippen LogP contribution < -0.4 is 10.1 Å². The molecule has 2 nitrogen and oxygen atoms in total. The molecule has 0 heterocycles. The topological polar surface area (TPSA) is 21.3 Å². The molecule has 1 atom stereocenters. The van der Waals surface area contributed by atoms with Gasteiger partial charge in [-0.1, -0.05) is 32.4 Å². The van der Waals surface area contributed by atoms with Crippen LogP contribution in [-0.2, 0) is 0 Å². The zero-order valence-electron chi connectivity index (χ0n) is 11.1. The minimum Gasteiger partial charge on any atom is -0.496 e. The predicted octanol–water partition coefficient (Wildman–Crippen LogP) is 3.84. The largest absolute Gasteiger partial charge is 0.496 e. The van der Waals surface area contributed by atoms with Crippen LogP contribution in [0.1, 0.15) is 38.7 Å². The molecule has 0 aliphatic rings. The lowest BCUT2D eigenvalue weighted by Gasteiger charge is -2.17. The number of ether oxygens (including phenoxy) is 1. The highest BCUT2D eigenvalue weighted by Gasteiger charge is 2.12. The van der Waals surface area contributed by atoms with Crippen molar-refractivity contribution in [2.75, 3.05) is 13.7 Å². The summed E-state index contributed by atoms with van der Waals surface area (Å²) in [7, 11) is 1.70. The van der Waals surface area contributed by atoms with Gasteiger partial charge < -0.3 is 10.1 Å². The Morgan fingerprint density at radius 3 is 2.59 bits per heavy atom. The minimum atomic E-state index is 0.440. The van der Waals surface area contributed by atoms with Gasteiger partial charge in [-0.15, -0.1) is 0 Å². The first-order valence-corrected chi connectivity index (χ1v) is 6.49. The quantitative estimate of drug-likeness (QED) is 0.834. The Labute approximate surface area is 109 Å².